The van der Waals surface area contributed by atoms with E-state index in [1.807, 2.05) is 74.5 Å². The van der Waals surface area contributed by atoms with Crippen molar-refractivity contribution < 1.29 is 9.90 Å². The minimum absolute atomic E-state index is 0.100. The van der Waals surface area contributed by atoms with Crippen molar-refractivity contribution in [3.8, 4) is 0 Å². The maximum absolute atomic E-state index is 12.6. The van der Waals surface area contributed by atoms with Crippen LogP contribution in [0.1, 0.15) is 31.0 Å². The van der Waals surface area contributed by atoms with Gasteiger partial charge in [-0.25, -0.2) is 0 Å². The summed E-state index contributed by atoms with van der Waals surface area (Å²) in [6.45, 7) is 3.65. The van der Waals surface area contributed by atoms with Crippen molar-refractivity contribution in [2.45, 2.75) is 25.3 Å². The van der Waals surface area contributed by atoms with Crippen LogP contribution in [0.3, 0.4) is 0 Å². The Morgan fingerprint density at radius 1 is 1.05 bits per heavy atom. The fourth-order valence-corrected chi connectivity index (χ4v) is 2.24. The van der Waals surface area contributed by atoms with Gasteiger partial charge in [0.1, 0.15) is 0 Å². The molecule has 1 amide bonds. The van der Waals surface area contributed by atoms with Crippen LogP contribution in [-0.2, 0) is 10.2 Å². The van der Waals surface area contributed by atoms with Crippen LogP contribution >= 0.6 is 0 Å². The molecule has 0 bridgehead atoms. The van der Waals surface area contributed by atoms with Gasteiger partial charge in [-0.15, -0.1) is 0 Å². The standard InChI is InChI=1S/C18H21NO2/c1-18(2,15-11-7-4-8-12-15)17(21)19-16(13-20)14-9-5-3-6-10-14/h3-12,16,20H,13H2,1-2H3,(H,19,21)/t16-/m0/s1. The molecule has 0 fully saturated rings. The van der Waals surface area contributed by atoms with Crippen molar-refractivity contribution in [3.63, 3.8) is 0 Å². The summed E-state index contributed by atoms with van der Waals surface area (Å²) >= 11 is 0. The van der Waals surface area contributed by atoms with E-state index < -0.39 is 5.41 Å². The third-order valence-corrected chi connectivity index (χ3v) is 3.75. The lowest BCUT2D eigenvalue weighted by molar-refractivity contribution is -0.126. The Hall–Kier alpha value is -2.13. The Kier molecular flexibility index (Phi) is 4.76. The lowest BCUT2D eigenvalue weighted by atomic mass is 9.83. The van der Waals surface area contributed by atoms with E-state index in [1.54, 1.807) is 0 Å². The number of benzene rings is 2. The molecule has 3 heteroatoms. The highest BCUT2D eigenvalue weighted by Crippen LogP contribution is 2.24. The summed E-state index contributed by atoms with van der Waals surface area (Å²) in [6.07, 6.45) is 0. The number of nitrogens with one attached hydrogen (secondary N) is 1. The molecule has 0 saturated carbocycles. The van der Waals surface area contributed by atoms with Gasteiger partial charge < -0.3 is 10.4 Å². The molecule has 3 nitrogen and oxygen atoms in total. The van der Waals surface area contributed by atoms with Crippen molar-refractivity contribution in [3.05, 3.63) is 71.8 Å². The van der Waals surface area contributed by atoms with Crippen LogP contribution in [0.4, 0.5) is 0 Å². The Balaban J connectivity index is 2.16. The SMILES string of the molecule is CC(C)(C(=O)N[C@@H](CO)c1ccccc1)c1ccccc1. The first-order valence-corrected chi connectivity index (χ1v) is 7.08. The van der Waals surface area contributed by atoms with Gasteiger partial charge >= 0.3 is 0 Å². The average Bonchev–Trinajstić information content (AvgIpc) is 2.54. The number of amides is 1. The van der Waals surface area contributed by atoms with E-state index in [1.165, 1.54) is 0 Å². The molecule has 0 aromatic heterocycles. The number of rotatable bonds is 5. The molecule has 0 unspecified atom stereocenters. The molecule has 0 heterocycles. The first-order valence-electron chi connectivity index (χ1n) is 7.08. The average molecular weight is 283 g/mol. The summed E-state index contributed by atoms with van der Waals surface area (Å²) in [5.41, 5.74) is 1.20. The summed E-state index contributed by atoms with van der Waals surface area (Å²) in [7, 11) is 0. The molecule has 21 heavy (non-hydrogen) atoms. The summed E-state index contributed by atoms with van der Waals surface area (Å²) in [4.78, 5) is 12.6. The summed E-state index contributed by atoms with van der Waals surface area (Å²) in [6, 6.07) is 18.8. The van der Waals surface area contributed by atoms with Crippen LogP contribution in [0.2, 0.25) is 0 Å². The largest absolute Gasteiger partial charge is 0.394 e. The van der Waals surface area contributed by atoms with Crippen LogP contribution in [0.25, 0.3) is 0 Å². The Morgan fingerprint density at radius 3 is 2.10 bits per heavy atom. The second-order valence-corrected chi connectivity index (χ2v) is 5.61. The lowest BCUT2D eigenvalue weighted by Crippen LogP contribution is -2.42. The summed E-state index contributed by atoms with van der Waals surface area (Å²) in [5.74, 6) is -0.100. The molecule has 0 aliphatic heterocycles. The zero-order valence-corrected chi connectivity index (χ0v) is 12.4. The number of carbonyl (C=O) groups is 1. The topological polar surface area (TPSA) is 49.3 Å². The quantitative estimate of drug-likeness (QED) is 0.886. The zero-order valence-electron chi connectivity index (χ0n) is 12.4. The maximum Gasteiger partial charge on any atom is 0.230 e. The van der Waals surface area contributed by atoms with Gasteiger partial charge in [-0.3, -0.25) is 4.79 Å². The first-order chi connectivity index (χ1) is 10.1. The van der Waals surface area contributed by atoms with Crippen molar-refractivity contribution in [2.75, 3.05) is 6.61 Å². The molecular weight excluding hydrogens is 262 g/mol. The Morgan fingerprint density at radius 2 is 1.57 bits per heavy atom. The van der Waals surface area contributed by atoms with E-state index in [-0.39, 0.29) is 18.6 Å². The van der Waals surface area contributed by atoms with Crippen LogP contribution in [0.15, 0.2) is 60.7 Å². The van der Waals surface area contributed by atoms with Crippen LogP contribution in [-0.4, -0.2) is 17.6 Å². The van der Waals surface area contributed by atoms with Gasteiger partial charge in [0, 0.05) is 0 Å². The number of hydrogen-bond acceptors (Lipinski definition) is 2. The highest BCUT2D eigenvalue weighted by atomic mass is 16.3. The predicted octanol–water partition coefficient (Wildman–Crippen LogP) is 2.81. The molecule has 0 aliphatic rings. The molecule has 0 spiro atoms. The van der Waals surface area contributed by atoms with Gasteiger partial charge in [0.25, 0.3) is 0 Å². The van der Waals surface area contributed by atoms with Gasteiger partial charge in [0.15, 0.2) is 0 Å². The molecule has 2 N–H and O–H groups in total. The maximum atomic E-state index is 12.6. The van der Waals surface area contributed by atoms with Crippen molar-refractivity contribution in [1.29, 1.82) is 0 Å². The molecule has 0 aliphatic carbocycles. The van der Waals surface area contributed by atoms with Crippen LogP contribution in [0.5, 0.6) is 0 Å². The van der Waals surface area contributed by atoms with Gasteiger partial charge in [0.05, 0.1) is 18.1 Å². The lowest BCUT2D eigenvalue weighted by Gasteiger charge is -2.27. The first kappa shape index (κ1) is 15.3. The summed E-state index contributed by atoms with van der Waals surface area (Å²) < 4.78 is 0. The van der Waals surface area contributed by atoms with E-state index >= 15 is 0 Å². The third-order valence-electron chi connectivity index (χ3n) is 3.75. The van der Waals surface area contributed by atoms with E-state index in [9.17, 15) is 9.90 Å². The summed E-state index contributed by atoms with van der Waals surface area (Å²) in [5, 5.41) is 12.5. The second kappa shape index (κ2) is 6.55. The smallest absolute Gasteiger partial charge is 0.230 e. The number of aliphatic hydroxyl groups is 1. The van der Waals surface area contributed by atoms with Gasteiger partial charge in [0.2, 0.25) is 5.91 Å². The molecule has 0 saturated heterocycles. The molecule has 0 radical (unpaired) electrons. The van der Waals surface area contributed by atoms with E-state index in [2.05, 4.69) is 5.32 Å². The minimum Gasteiger partial charge on any atom is -0.394 e. The molecule has 2 aromatic rings. The predicted molar refractivity (Wildman–Crippen MR) is 83.9 cm³/mol. The Bertz CT molecular complexity index is 579. The van der Waals surface area contributed by atoms with E-state index in [4.69, 9.17) is 0 Å². The highest BCUT2D eigenvalue weighted by Gasteiger charge is 2.31. The number of aliphatic hydroxyl groups excluding tert-OH is 1. The monoisotopic (exact) mass is 283 g/mol. The fourth-order valence-electron chi connectivity index (χ4n) is 2.24. The normalized spacial score (nSPS) is 12.7. The highest BCUT2D eigenvalue weighted by molar-refractivity contribution is 5.87. The van der Waals surface area contributed by atoms with Crippen molar-refractivity contribution >= 4 is 5.91 Å². The zero-order chi connectivity index (χ0) is 15.3. The van der Waals surface area contributed by atoms with E-state index in [0.717, 1.165) is 11.1 Å². The van der Waals surface area contributed by atoms with Crippen molar-refractivity contribution in [2.24, 2.45) is 0 Å². The number of carbonyl (C=O) groups excluding carboxylic acids is 1. The second-order valence-electron chi connectivity index (χ2n) is 5.61. The molecular formula is C18H21NO2. The fraction of sp³-hybridized carbons (Fsp3) is 0.278. The number of hydrogen-bond donors (Lipinski definition) is 2. The van der Waals surface area contributed by atoms with Crippen molar-refractivity contribution in [1.82, 2.24) is 5.32 Å². The van der Waals surface area contributed by atoms with Crippen LogP contribution < -0.4 is 5.32 Å². The van der Waals surface area contributed by atoms with E-state index in [0.29, 0.717) is 0 Å². The van der Waals surface area contributed by atoms with Crippen LogP contribution in [0, 0.1) is 0 Å². The van der Waals surface area contributed by atoms with Gasteiger partial charge in [-0.1, -0.05) is 60.7 Å². The molecule has 110 valence electrons. The molecule has 1 atom stereocenters. The van der Waals surface area contributed by atoms with Gasteiger partial charge in [-0.05, 0) is 25.0 Å². The third kappa shape index (κ3) is 3.50. The van der Waals surface area contributed by atoms with Gasteiger partial charge in [-0.2, -0.15) is 0 Å². The molecule has 2 aromatic carbocycles. The Labute approximate surface area is 125 Å². The molecule has 2 rings (SSSR count). The minimum atomic E-state index is -0.649.